The lowest BCUT2D eigenvalue weighted by Gasteiger charge is -2.23. The molecular formula is C16H15N3O2S. The highest BCUT2D eigenvalue weighted by Crippen LogP contribution is 2.29. The highest BCUT2D eigenvalue weighted by Gasteiger charge is 2.19. The van der Waals surface area contributed by atoms with Crippen molar-refractivity contribution in [3.05, 3.63) is 28.9 Å². The molecule has 22 heavy (non-hydrogen) atoms. The van der Waals surface area contributed by atoms with Crippen LogP contribution < -0.4 is 4.74 Å². The van der Waals surface area contributed by atoms with E-state index in [-0.39, 0.29) is 11.8 Å². The van der Waals surface area contributed by atoms with Gasteiger partial charge in [0.2, 0.25) is 0 Å². The number of nitrogens with zero attached hydrogens (tertiary/aromatic N) is 3. The molecule has 2 heterocycles. The fourth-order valence-electron chi connectivity index (χ4n) is 2.60. The van der Waals surface area contributed by atoms with Gasteiger partial charge in [-0.3, -0.25) is 4.79 Å². The lowest BCUT2D eigenvalue weighted by molar-refractivity contribution is 0.112. The molecule has 2 aromatic rings. The summed E-state index contributed by atoms with van der Waals surface area (Å²) >= 11 is 1.38. The number of nitriles is 1. The minimum absolute atomic E-state index is 0.141. The fraction of sp³-hybridized carbons (Fsp3) is 0.375. The lowest BCUT2D eigenvalue weighted by Crippen LogP contribution is -2.20. The normalized spacial score (nSPS) is 15.2. The molecule has 0 atom stereocenters. The van der Waals surface area contributed by atoms with Crippen LogP contribution in [-0.4, -0.2) is 22.4 Å². The monoisotopic (exact) mass is 313 g/mol. The maximum atomic E-state index is 11.0. The highest BCUT2D eigenvalue weighted by molar-refractivity contribution is 7.13. The number of hydrogen-bond acceptors (Lipinski definition) is 6. The van der Waals surface area contributed by atoms with Crippen LogP contribution in [0.4, 0.5) is 0 Å². The van der Waals surface area contributed by atoms with E-state index in [1.807, 2.05) is 0 Å². The van der Waals surface area contributed by atoms with E-state index in [9.17, 15) is 10.1 Å². The SMILES string of the molecule is N#Cc1nc(-c2sccc2C=O)ncc1OC1CCCCC1. The third-order valence-electron chi connectivity index (χ3n) is 3.73. The molecule has 0 amide bonds. The topological polar surface area (TPSA) is 75.9 Å². The summed E-state index contributed by atoms with van der Waals surface area (Å²) in [6.07, 6.45) is 8.03. The van der Waals surface area contributed by atoms with Gasteiger partial charge in [-0.25, -0.2) is 9.97 Å². The molecule has 0 saturated heterocycles. The zero-order chi connectivity index (χ0) is 15.4. The average molecular weight is 313 g/mol. The summed E-state index contributed by atoms with van der Waals surface area (Å²) in [7, 11) is 0. The van der Waals surface area contributed by atoms with Gasteiger partial charge in [-0.2, -0.15) is 5.26 Å². The third-order valence-corrected chi connectivity index (χ3v) is 4.66. The molecule has 1 aliphatic carbocycles. The van der Waals surface area contributed by atoms with Crippen LogP contribution in [0.1, 0.15) is 48.2 Å². The van der Waals surface area contributed by atoms with Crippen molar-refractivity contribution in [1.82, 2.24) is 9.97 Å². The lowest BCUT2D eigenvalue weighted by atomic mass is 9.98. The molecule has 5 nitrogen and oxygen atoms in total. The molecule has 0 N–H and O–H groups in total. The summed E-state index contributed by atoms with van der Waals surface area (Å²) in [5.41, 5.74) is 0.760. The molecule has 0 unspecified atom stereocenters. The zero-order valence-electron chi connectivity index (χ0n) is 12.0. The van der Waals surface area contributed by atoms with Crippen molar-refractivity contribution in [2.45, 2.75) is 38.2 Å². The number of hydrogen-bond donors (Lipinski definition) is 0. The molecule has 3 rings (SSSR count). The number of carbonyl (C=O) groups excluding carboxylic acids is 1. The molecule has 0 bridgehead atoms. The van der Waals surface area contributed by atoms with Crippen LogP contribution in [-0.2, 0) is 0 Å². The molecule has 0 radical (unpaired) electrons. The quantitative estimate of drug-likeness (QED) is 0.806. The minimum atomic E-state index is 0.141. The predicted octanol–water partition coefficient (Wildman–Crippen LogP) is 3.60. The Morgan fingerprint density at radius 2 is 2.18 bits per heavy atom. The molecule has 1 fully saturated rings. The van der Waals surface area contributed by atoms with Crippen LogP contribution in [0.3, 0.4) is 0 Å². The van der Waals surface area contributed by atoms with E-state index in [0.717, 1.165) is 32.0 Å². The maximum absolute atomic E-state index is 11.0. The van der Waals surface area contributed by atoms with E-state index in [4.69, 9.17) is 4.74 Å². The minimum Gasteiger partial charge on any atom is -0.486 e. The van der Waals surface area contributed by atoms with Crippen molar-refractivity contribution in [2.75, 3.05) is 0 Å². The number of carbonyl (C=O) groups is 1. The van der Waals surface area contributed by atoms with Crippen molar-refractivity contribution in [1.29, 1.82) is 5.26 Å². The molecule has 2 aromatic heterocycles. The Balaban J connectivity index is 1.87. The van der Waals surface area contributed by atoms with Crippen LogP contribution in [0.15, 0.2) is 17.6 Å². The Kier molecular flexibility index (Phi) is 4.45. The second kappa shape index (κ2) is 6.67. The van der Waals surface area contributed by atoms with Gasteiger partial charge >= 0.3 is 0 Å². The smallest absolute Gasteiger partial charge is 0.186 e. The summed E-state index contributed by atoms with van der Waals surface area (Å²) in [5, 5.41) is 11.1. The summed E-state index contributed by atoms with van der Waals surface area (Å²) in [5.74, 6) is 0.826. The summed E-state index contributed by atoms with van der Waals surface area (Å²) in [6, 6.07) is 3.78. The average Bonchev–Trinajstić information content (AvgIpc) is 3.05. The van der Waals surface area contributed by atoms with Gasteiger partial charge in [-0.15, -0.1) is 11.3 Å². The van der Waals surface area contributed by atoms with Gasteiger partial charge in [0.15, 0.2) is 23.6 Å². The van der Waals surface area contributed by atoms with E-state index in [1.165, 1.54) is 17.8 Å². The zero-order valence-corrected chi connectivity index (χ0v) is 12.8. The maximum Gasteiger partial charge on any atom is 0.186 e. The van der Waals surface area contributed by atoms with Gasteiger partial charge in [-0.1, -0.05) is 6.42 Å². The number of aromatic nitrogens is 2. The van der Waals surface area contributed by atoms with Gasteiger partial charge in [0.25, 0.3) is 0 Å². The van der Waals surface area contributed by atoms with Crippen molar-refractivity contribution in [3.63, 3.8) is 0 Å². The van der Waals surface area contributed by atoms with Crippen LogP contribution in [0.5, 0.6) is 5.75 Å². The predicted molar refractivity (Wildman–Crippen MR) is 82.9 cm³/mol. The molecule has 1 saturated carbocycles. The molecular weight excluding hydrogens is 298 g/mol. The third kappa shape index (κ3) is 3.00. The molecule has 0 aliphatic heterocycles. The van der Waals surface area contributed by atoms with Crippen molar-refractivity contribution in [3.8, 4) is 22.5 Å². The Hall–Kier alpha value is -2.26. The van der Waals surface area contributed by atoms with Crippen LogP contribution in [0.25, 0.3) is 10.7 Å². The van der Waals surface area contributed by atoms with Gasteiger partial charge in [0, 0.05) is 5.56 Å². The molecule has 6 heteroatoms. The first kappa shape index (κ1) is 14.7. The number of ether oxygens (including phenoxy) is 1. The number of aldehydes is 1. The van der Waals surface area contributed by atoms with Gasteiger partial charge in [0.05, 0.1) is 17.2 Å². The molecule has 0 aromatic carbocycles. The number of thiophene rings is 1. The van der Waals surface area contributed by atoms with E-state index >= 15 is 0 Å². The summed E-state index contributed by atoms with van der Waals surface area (Å²) in [6.45, 7) is 0. The molecule has 1 aliphatic rings. The van der Waals surface area contributed by atoms with E-state index < -0.39 is 0 Å². The van der Waals surface area contributed by atoms with Crippen LogP contribution in [0, 0.1) is 11.3 Å². The molecule has 0 spiro atoms. The Labute approximate surface area is 132 Å². The Morgan fingerprint density at radius 3 is 2.91 bits per heavy atom. The highest BCUT2D eigenvalue weighted by atomic mass is 32.1. The first-order valence-corrected chi connectivity index (χ1v) is 8.16. The van der Waals surface area contributed by atoms with Gasteiger partial charge in [0.1, 0.15) is 6.07 Å². The van der Waals surface area contributed by atoms with Crippen molar-refractivity contribution in [2.24, 2.45) is 0 Å². The van der Waals surface area contributed by atoms with Crippen molar-refractivity contribution < 1.29 is 9.53 Å². The summed E-state index contributed by atoms with van der Waals surface area (Å²) in [4.78, 5) is 20.2. The van der Waals surface area contributed by atoms with Gasteiger partial charge in [-0.05, 0) is 37.1 Å². The second-order valence-electron chi connectivity index (χ2n) is 5.22. The van der Waals surface area contributed by atoms with Crippen LogP contribution >= 0.6 is 11.3 Å². The Bertz CT molecular complexity index is 714. The Morgan fingerprint density at radius 1 is 1.36 bits per heavy atom. The van der Waals surface area contributed by atoms with E-state index in [1.54, 1.807) is 17.6 Å². The van der Waals surface area contributed by atoms with Gasteiger partial charge < -0.3 is 4.74 Å². The van der Waals surface area contributed by atoms with E-state index in [0.29, 0.717) is 22.0 Å². The largest absolute Gasteiger partial charge is 0.486 e. The second-order valence-corrected chi connectivity index (χ2v) is 6.14. The first-order valence-electron chi connectivity index (χ1n) is 7.28. The fourth-order valence-corrected chi connectivity index (χ4v) is 3.41. The van der Waals surface area contributed by atoms with Crippen molar-refractivity contribution >= 4 is 17.6 Å². The first-order chi connectivity index (χ1) is 10.8. The van der Waals surface area contributed by atoms with E-state index in [2.05, 4.69) is 16.0 Å². The standard InChI is InChI=1S/C16H15N3O2S/c17-8-13-14(21-12-4-2-1-3-5-12)9-18-16(19-13)15-11(10-20)6-7-22-15/h6-7,9-10,12H,1-5H2. The summed E-state index contributed by atoms with van der Waals surface area (Å²) < 4.78 is 5.89. The molecule has 112 valence electrons. The van der Waals surface area contributed by atoms with Crippen LogP contribution in [0.2, 0.25) is 0 Å². The number of rotatable bonds is 4.